The molecule has 0 aromatic heterocycles. The Balaban J connectivity index is 2.34. The maximum atomic E-state index is 13.1. The first-order valence-electron chi connectivity index (χ1n) is 9.92. The number of aryl methyl sites for hydroxylation is 2. The molecule has 0 heterocycles. The quantitative estimate of drug-likeness (QED) is 0.644. The van der Waals surface area contributed by atoms with Crippen LogP contribution in [0.1, 0.15) is 43.0 Å². The van der Waals surface area contributed by atoms with Crippen molar-refractivity contribution in [2.75, 3.05) is 16.8 Å². The molecule has 0 bridgehead atoms. The van der Waals surface area contributed by atoms with Gasteiger partial charge in [0, 0.05) is 6.26 Å². The van der Waals surface area contributed by atoms with Gasteiger partial charge in [0.2, 0.25) is 15.9 Å². The zero-order valence-corrected chi connectivity index (χ0v) is 20.3. The van der Waals surface area contributed by atoms with Gasteiger partial charge in [-0.1, -0.05) is 31.2 Å². The van der Waals surface area contributed by atoms with Gasteiger partial charge in [0.1, 0.15) is 6.04 Å². The molecule has 0 aliphatic rings. The Morgan fingerprint density at radius 2 is 1.58 bits per heavy atom. The molecule has 2 rings (SSSR count). The molecule has 0 spiro atoms. The minimum absolute atomic E-state index is 0.194. The molecule has 0 aliphatic carbocycles. The summed E-state index contributed by atoms with van der Waals surface area (Å²) >= 11 is 0. The second kappa shape index (κ2) is 9.40. The smallest absolute Gasteiger partial charge is 0.244 e. The summed E-state index contributed by atoms with van der Waals surface area (Å²) in [6.07, 6.45) is 2.51. The lowest BCUT2D eigenvalue weighted by Crippen LogP contribution is -2.50. The van der Waals surface area contributed by atoms with Crippen LogP contribution in [-0.4, -0.2) is 41.3 Å². The van der Waals surface area contributed by atoms with E-state index in [1.165, 1.54) is 16.4 Å². The minimum Gasteiger partial charge on any atom is -0.348 e. The number of carbonyl (C=O) groups excluding carboxylic acids is 1. The molecule has 0 unspecified atom stereocenters. The standard InChI is InChI=1S/C22H30N2O5S2/c1-7-20(24(31(6,28)29)21-14-15(2)8-9-16(21)3)22(25)23-17(4)18-10-12-19(13-11-18)30(5,26)27/h8-14,17,20H,7H2,1-6H3,(H,23,25)/t17-,20-/m1/s1. The van der Waals surface area contributed by atoms with Crippen LogP contribution in [0.2, 0.25) is 0 Å². The second-order valence-corrected chi connectivity index (χ2v) is 11.7. The Morgan fingerprint density at radius 1 is 1.00 bits per heavy atom. The van der Waals surface area contributed by atoms with Gasteiger partial charge in [0.15, 0.2) is 9.84 Å². The Bertz CT molecular complexity index is 1160. The lowest BCUT2D eigenvalue weighted by Gasteiger charge is -2.32. The normalized spacial score (nSPS) is 14.0. The van der Waals surface area contributed by atoms with E-state index < -0.39 is 37.9 Å². The van der Waals surface area contributed by atoms with E-state index in [4.69, 9.17) is 0 Å². The number of anilines is 1. The third-order valence-electron chi connectivity index (χ3n) is 5.10. The first-order valence-corrected chi connectivity index (χ1v) is 13.7. The molecule has 170 valence electrons. The van der Waals surface area contributed by atoms with Crippen LogP contribution in [0.4, 0.5) is 5.69 Å². The molecule has 0 fully saturated rings. The SMILES string of the molecule is CC[C@H](C(=O)N[C@H](C)c1ccc(S(C)(=O)=O)cc1)N(c1cc(C)ccc1C)S(C)(=O)=O. The van der Waals surface area contributed by atoms with Gasteiger partial charge < -0.3 is 5.32 Å². The summed E-state index contributed by atoms with van der Waals surface area (Å²) in [5, 5.41) is 2.87. The Hall–Kier alpha value is -2.39. The van der Waals surface area contributed by atoms with Crippen LogP contribution in [0, 0.1) is 13.8 Å². The van der Waals surface area contributed by atoms with Gasteiger partial charge in [-0.25, -0.2) is 16.8 Å². The van der Waals surface area contributed by atoms with Gasteiger partial charge in [0.05, 0.1) is 22.9 Å². The lowest BCUT2D eigenvalue weighted by molar-refractivity contribution is -0.122. The van der Waals surface area contributed by atoms with E-state index in [0.29, 0.717) is 11.3 Å². The van der Waals surface area contributed by atoms with Crippen LogP contribution in [0.25, 0.3) is 0 Å². The fourth-order valence-electron chi connectivity index (χ4n) is 3.39. The van der Waals surface area contributed by atoms with Gasteiger partial charge in [-0.05, 0) is 62.1 Å². The van der Waals surface area contributed by atoms with Gasteiger partial charge in [-0.3, -0.25) is 9.10 Å². The van der Waals surface area contributed by atoms with Gasteiger partial charge in [0.25, 0.3) is 0 Å². The molecule has 7 nitrogen and oxygen atoms in total. The van der Waals surface area contributed by atoms with Gasteiger partial charge >= 0.3 is 0 Å². The summed E-state index contributed by atoms with van der Waals surface area (Å²) in [5.74, 6) is -0.423. The largest absolute Gasteiger partial charge is 0.348 e. The van der Waals surface area contributed by atoms with Crippen molar-refractivity contribution < 1.29 is 21.6 Å². The number of carbonyl (C=O) groups is 1. The van der Waals surface area contributed by atoms with Crippen LogP contribution in [0.5, 0.6) is 0 Å². The van der Waals surface area contributed by atoms with Crippen molar-refractivity contribution in [1.82, 2.24) is 5.32 Å². The summed E-state index contributed by atoms with van der Waals surface area (Å²) in [7, 11) is -7.04. The molecule has 0 radical (unpaired) electrons. The van der Waals surface area contributed by atoms with Crippen molar-refractivity contribution in [2.45, 2.75) is 51.1 Å². The van der Waals surface area contributed by atoms with E-state index in [-0.39, 0.29) is 11.3 Å². The molecular weight excluding hydrogens is 436 g/mol. The third kappa shape index (κ3) is 6.07. The predicted octanol–water partition coefficient (Wildman–Crippen LogP) is 3.13. The fourth-order valence-corrected chi connectivity index (χ4v) is 5.28. The Kier molecular flexibility index (Phi) is 7.54. The van der Waals surface area contributed by atoms with E-state index >= 15 is 0 Å². The number of hydrogen-bond acceptors (Lipinski definition) is 5. The van der Waals surface area contributed by atoms with Crippen LogP contribution >= 0.6 is 0 Å². The lowest BCUT2D eigenvalue weighted by atomic mass is 10.1. The minimum atomic E-state index is -3.73. The molecule has 2 aromatic rings. The molecule has 0 saturated carbocycles. The van der Waals surface area contributed by atoms with E-state index in [9.17, 15) is 21.6 Å². The molecule has 1 N–H and O–H groups in total. The van der Waals surface area contributed by atoms with Crippen LogP contribution < -0.4 is 9.62 Å². The molecule has 31 heavy (non-hydrogen) atoms. The highest BCUT2D eigenvalue weighted by atomic mass is 32.2. The fraction of sp³-hybridized carbons (Fsp3) is 0.409. The Labute approximate surface area is 185 Å². The number of sulfone groups is 1. The van der Waals surface area contributed by atoms with E-state index in [0.717, 1.165) is 23.6 Å². The number of nitrogens with one attached hydrogen (secondary N) is 1. The highest BCUT2D eigenvalue weighted by Crippen LogP contribution is 2.28. The number of amides is 1. The highest BCUT2D eigenvalue weighted by Gasteiger charge is 2.33. The van der Waals surface area contributed by atoms with E-state index in [2.05, 4.69) is 5.32 Å². The molecule has 0 aliphatic heterocycles. The maximum absolute atomic E-state index is 13.1. The number of rotatable bonds is 8. The number of nitrogens with zero attached hydrogens (tertiary/aromatic N) is 1. The summed E-state index contributed by atoms with van der Waals surface area (Å²) in [6.45, 7) is 7.21. The molecule has 2 aromatic carbocycles. The van der Waals surface area contributed by atoms with E-state index in [1.807, 2.05) is 26.0 Å². The Morgan fingerprint density at radius 3 is 2.06 bits per heavy atom. The van der Waals surface area contributed by atoms with Crippen molar-refractivity contribution in [3.63, 3.8) is 0 Å². The number of benzene rings is 2. The summed E-state index contributed by atoms with van der Waals surface area (Å²) < 4.78 is 49.8. The first-order chi connectivity index (χ1) is 14.3. The zero-order valence-electron chi connectivity index (χ0n) is 18.7. The predicted molar refractivity (Wildman–Crippen MR) is 123 cm³/mol. The summed E-state index contributed by atoms with van der Waals surface area (Å²) in [4.78, 5) is 13.3. The topological polar surface area (TPSA) is 101 Å². The van der Waals surface area contributed by atoms with Crippen molar-refractivity contribution >= 4 is 31.5 Å². The second-order valence-electron chi connectivity index (χ2n) is 7.84. The number of hydrogen-bond donors (Lipinski definition) is 1. The van der Waals surface area contributed by atoms with Crippen molar-refractivity contribution in [3.05, 3.63) is 59.2 Å². The maximum Gasteiger partial charge on any atom is 0.244 e. The summed E-state index contributed by atoms with van der Waals surface area (Å²) in [5.41, 5.74) is 2.85. The third-order valence-corrected chi connectivity index (χ3v) is 7.39. The molecule has 2 atom stereocenters. The van der Waals surface area contributed by atoms with Crippen LogP contribution in [-0.2, 0) is 24.7 Å². The van der Waals surface area contributed by atoms with Crippen LogP contribution in [0.15, 0.2) is 47.4 Å². The first kappa shape index (κ1) is 24.9. The monoisotopic (exact) mass is 466 g/mol. The van der Waals surface area contributed by atoms with E-state index in [1.54, 1.807) is 32.0 Å². The summed E-state index contributed by atoms with van der Waals surface area (Å²) in [6, 6.07) is 10.4. The average Bonchev–Trinajstić information content (AvgIpc) is 2.66. The molecule has 1 amide bonds. The molecule has 9 heteroatoms. The highest BCUT2D eigenvalue weighted by molar-refractivity contribution is 7.92. The van der Waals surface area contributed by atoms with Crippen molar-refractivity contribution in [2.24, 2.45) is 0 Å². The molecule has 0 saturated heterocycles. The van der Waals surface area contributed by atoms with Gasteiger partial charge in [-0.15, -0.1) is 0 Å². The van der Waals surface area contributed by atoms with Crippen LogP contribution in [0.3, 0.4) is 0 Å². The van der Waals surface area contributed by atoms with Crippen molar-refractivity contribution in [3.8, 4) is 0 Å². The average molecular weight is 467 g/mol. The zero-order chi connectivity index (χ0) is 23.6. The number of sulfonamides is 1. The molecular formula is C22H30N2O5S2. The van der Waals surface area contributed by atoms with Crippen molar-refractivity contribution in [1.29, 1.82) is 0 Å². The van der Waals surface area contributed by atoms with Gasteiger partial charge in [-0.2, -0.15) is 0 Å².